The van der Waals surface area contributed by atoms with Crippen LogP contribution in [-0.2, 0) is 17.8 Å². The Balaban J connectivity index is 2.01. The molecule has 0 radical (unpaired) electrons. The van der Waals surface area contributed by atoms with Crippen molar-refractivity contribution in [3.8, 4) is 0 Å². The molecule has 0 bridgehead atoms. The van der Waals surface area contributed by atoms with Gasteiger partial charge in [-0.2, -0.15) is 0 Å². The normalized spacial score (nSPS) is 10.9. The summed E-state index contributed by atoms with van der Waals surface area (Å²) in [4.78, 5) is 0. The van der Waals surface area contributed by atoms with Crippen LogP contribution in [0.4, 0.5) is 0 Å². The van der Waals surface area contributed by atoms with Crippen LogP contribution < -0.4 is 5.32 Å². The second-order valence-corrected chi connectivity index (χ2v) is 4.40. The van der Waals surface area contributed by atoms with E-state index < -0.39 is 0 Å². The quantitative estimate of drug-likeness (QED) is 0.634. The van der Waals surface area contributed by atoms with Crippen LogP contribution in [0.1, 0.15) is 38.7 Å². The summed E-state index contributed by atoms with van der Waals surface area (Å²) < 4.78 is 7.68. The molecule has 0 amide bonds. The van der Waals surface area contributed by atoms with Crippen LogP contribution in [0.3, 0.4) is 0 Å². The van der Waals surface area contributed by atoms with E-state index in [0.29, 0.717) is 0 Å². The molecule has 0 atom stereocenters. The van der Waals surface area contributed by atoms with Gasteiger partial charge in [0.15, 0.2) is 0 Å². The number of hydrogen-bond acceptors (Lipinski definition) is 2. The predicted octanol–water partition coefficient (Wildman–Crippen LogP) is 2.80. The molecule has 17 heavy (non-hydrogen) atoms. The highest BCUT2D eigenvalue weighted by atomic mass is 16.5. The third-order valence-electron chi connectivity index (χ3n) is 2.61. The van der Waals surface area contributed by atoms with Crippen LogP contribution in [0, 0.1) is 0 Å². The van der Waals surface area contributed by atoms with Gasteiger partial charge in [0.05, 0.1) is 0 Å². The third kappa shape index (κ3) is 6.49. The molecule has 0 saturated heterocycles. The van der Waals surface area contributed by atoms with Crippen molar-refractivity contribution < 1.29 is 4.74 Å². The van der Waals surface area contributed by atoms with Gasteiger partial charge >= 0.3 is 0 Å². The van der Waals surface area contributed by atoms with E-state index in [2.05, 4.69) is 42.2 Å². The molecule has 3 heteroatoms. The van der Waals surface area contributed by atoms with Crippen LogP contribution in [0.5, 0.6) is 0 Å². The van der Waals surface area contributed by atoms with Crippen molar-refractivity contribution >= 4 is 0 Å². The van der Waals surface area contributed by atoms with E-state index in [0.717, 1.165) is 45.7 Å². The Morgan fingerprint density at radius 2 is 2.12 bits per heavy atom. The molecular formula is C14H26N2O. The van der Waals surface area contributed by atoms with E-state index in [4.69, 9.17) is 4.74 Å². The van der Waals surface area contributed by atoms with Crippen molar-refractivity contribution in [3.05, 3.63) is 24.0 Å². The minimum Gasteiger partial charge on any atom is -0.381 e. The van der Waals surface area contributed by atoms with Crippen molar-refractivity contribution in [2.24, 2.45) is 0 Å². The third-order valence-corrected chi connectivity index (χ3v) is 2.61. The molecule has 0 aliphatic carbocycles. The predicted molar refractivity (Wildman–Crippen MR) is 72.2 cm³/mol. The van der Waals surface area contributed by atoms with Crippen LogP contribution >= 0.6 is 0 Å². The first kappa shape index (κ1) is 14.3. The van der Waals surface area contributed by atoms with Crippen molar-refractivity contribution in [1.29, 1.82) is 0 Å². The van der Waals surface area contributed by atoms with E-state index in [-0.39, 0.29) is 0 Å². The highest BCUT2D eigenvalue weighted by Gasteiger charge is 1.96. The molecule has 1 N–H and O–H groups in total. The number of nitrogens with zero attached hydrogens (tertiary/aromatic N) is 1. The minimum absolute atomic E-state index is 0.873. The number of hydrogen-bond donors (Lipinski definition) is 1. The molecule has 3 nitrogen and oxygen atoms in total. The van der Waals surface area contributed by atoms with Gasteiger partial charge in [0.2, 0.25) is 0 Å². The Labute approximate surface area is 105 Å². The standard InChI is InChI=1S/C14H26N2O/c1-3-8-16-9-6-14(13-16)12-15-7-5-11-17-10-4-2/h6,9,13,15H,3-5,7-8,10-12H2,1-2H3. The molecule has 0 fully saturated rings. The van der Waals surface area contributed by atoms with E-state index in [9.17, 15) is 0 Å². The van der Waals surface area contributed by atoms with Crippen molar-refractivity contribution in [2.75, 3.05) is 19.8 Å². The highest BCUT2D eigenvalue weighted by molar-refractivity contribution is 5.09. The Kier molecular flexibility index (Phi) is 7.76. The Morgan fingerprint density at radius 1 is 1.24 bits per heavy atom. The molecule has 1 heterocycles. The summed E-state index contributed by atoms with van der Waals surface area (Å²) in [6.07, 6.45) is 7.78. The zero-order valence-corrected chi connectivity index (χ0v) is 11.2. The summed E-state index contributed by atoms with van der Waals surface area (Å²) in [7, 11) is 0. The number of aryl methyl sites for hydroxylation is 1. The van der Waals surface area contributed by atoms with Gasteiger partial charge in [-0.25, -0.2) is 0 Å². The fourth-order valence-corrected chi connectivity index (χ4v) is 1.77. The molecule has 0 spiro atoms. The molecule has 0 saturated carbocycles. The SMILES string of the molecule is CCCOCCCNCc1ccn(CCC)c1. The molecule has 0 aliphatic rings. The smallest absolute Gasteiger partial charge is 0.0478 e. The first-order valence-electron chi connectivity index (χ1n) is 6.80. The number of rotatable bonds is 10. The minimum atomic E-state index is 0.873. The first-order valence-corrected chi connectivity index (χ1v) is 6.80. The summed E-state index contributed by atoms with van der Waals surface area (Å²) in [5, 5.41) is 3.44. The number of aromatic nitrogens is 1. The lowest BCUT2D eigenvalue weighted by molar-refractivity contribution is 0.132. The fraction of sp³-hybridized carbons (Fsp3) is 0.714. The lowest BCUT2D eigenvalue weighted by atomic mass is 10.3. The van der Waals surface area contributed by atoms with Gasteiger partial charge in [-0.1, -0.05) is 13.8 Å². The van der Waals surface area contributed by atoms with E-state index in [1.807, 2.05) is 0 Å². The van der Waals surface area contributed by atoms with Gasteiger partial charge < -0.3 is 14.6 Å². The maximum atomic E-state index is 5.43. The van der Waals surface area contributed by atoms with Crippen LogP contribution in [0.25, 0.3) is 0 Å². The fourth-order valence-electron chi connectivity index (χ4n) is 1.77. The summed E-state index contributed by atoms with van der Waals surface area (Å²) >= 11 is 0. The monoisotopic (exact) mass is 238 g/mol. The number of ether oxygens (including phenoxy) is 1. The molecule has 0 aliphatic heterocycles. The van der Waals surface area contributed by atoms with Crippen LogP contribution in [0.15, 0.2) is 18.5 Å². The van der Waals surface area contributed by atoms with Gasteiger partial charge in [0, 0.05) is 38.7 Å². The van der Waals surface area contributed by atoms with Crippen LogP contribution in [-0.4, -0.2) is 24.3 Å². The summed E-state index contributed by atoms with van der Waals surface area (Å²) in [6.45, 7) is 9.21. The second-order valence-electron chi connectivity index (χ2n) is 4.40. The maximum absolute atomic E-state index is 5.43. The average molecular weight is 238 g/mol. The molecule has 1 aromatic heterocycles. The molecule has 1 aromatic rings. The average Bonchev–Trinajstić information content (AvgIpc) is 2.76. The van der Waals surface area contributed by atoms with Gasteiger partial charge in [0.25, 0.3) is 0 Å². The Morgan fingerprint density at radius 3 is 2.88 bits per heavy atom. The van der Waals surface area contributed by atoms with Crippen LogP contribution in [0.2, 0.25) is 0 Å². The van der Waals surface area contributed by atoms with Gasteiger partial charge in [-0.05, 0) is 37.4 Å². The van der Waals surface area contributed by atoms with E-state index in [1.54, 1.807) is 0 Å². The molecule has 1 rings (SSSR count). The Bertz CT molecular complexity index is 284. The van der Waals surface area contributed by atoms with Crippen molar-refractivity contribution in [2.45, 2.75) is 46.2 Å². The molecule has 98 valence electrons. The topological polar surface area (TPSA) is 26.2 Å². The molecule has 0 aromatic carbocycles. The zero-order chi connectivity index (χ0) is 12.3. The van der Waals surface area contributed by atoms with Crippen molar-refractivity contribution in [3.63, 3.8) is 0 Å². The lowest BCUT2D eigenvalue weighted by Gasteiger charge is -2.04. The largest absolute Gasteiger partial charge is 0.381 e. The van der Waals surface area contributed by atoms with E-state index >= 15 is 0 Å². The Hall–Kier alpha value is -0.800. The molecule has 0 unspecified atom stereocenters. The molecular weight excluding hydrogens is 212 g/mol. The second kappa shape index (κ2) is 9.25. The summed E-state index contributed by atoms with van der Waals surface area (Å²) in [6, 6.07) is 2.19. The van der Waals surface area contributed by atoms with E-state index in [1.165, 1.54) is 12.0 Å². The van der Waals surface area contributed by atoms with Gasteiger partial charge in [-0.3, -0.25) is 0 Å². The lowest BCUT2D eigenvalue weighted by Crippen LogP contribution is -2.16. The first-order chi connectivity index (χ1) is 8.36. The maximum Gasteiger partial charge on any atom is 0.0478 e. The van der Waals surface area contributed by atoms with Gasteiger partial charge in [0.1, 0.15) is 0 Å². The van der Waals surface area contributed by atoms with Crippen molar-refractivity contribution in [1.82, 2.24) is 9.88 Å². The highest BCUT2D eigenvalue weighted by Crippen LogP contribution is 2.01. The van der Waals surface area contributed by atoms with Gasteiger partial charge in [-0.15, -0.1) is 0 Å². The summed E-state index contributed by atoms with van der Waals surface area (Å²) in [5.41, 5.74) is 1.37. The summed E-state index contributed by atoms with van der Waals surface area (Å²) in [5.74, 6) is 0. The zero-order valence-electron chi connectivity index (χ0n) is 11.2. The number of nitrogens with one attached hydrogen (secondary N) is 1.